The highest BCUT2D eigenvalue weighted by Gasteiger charge is 2.31. The fourth-order valence-corrected chi connectivity index (χ4v) is 4.25. The molecule has 2 aromatic carbocycles. The molecule has 5 N–H and O–H groups in total. The summed E-state index contributed by atoms with van der Waals surface area (Å²) in [5.41, 5.74) is 8.86. The summed E-state index contributed by atoms with van der Waals surface area (Å²) in [6.07, 6.45) is -2.00. The van der Waals surface area contributed by atoms with Gasteiger partial charge in [0.15, 0.2) is 12.3 Å². The molecule has 18 heteroatoms. The first-order chi connectivity index (χ1) is 18.8. The second-order valence-corrected chi connectivity index (χ2v) is 10.6. The molecule has 0 radical (unpaired) electrons. The van der Waals surface area contributed by atoms with Gasteiger partial charge >= 0.3 is 6.36 Å². The van der Waals surface area contributed by atoms with Gasteiger partial charge < -0.3 is 30.8 Å². The molecule has 0 fully saturated rings. The zero-order valence-corrected chi connectivity index (χ0v) is 22.7. The van der Waals surface area contributed by atoms with Crippen LogP contribution >= 0.6 is 23.1 Å². The van der Waals surface area contributed by atoms with E-state index in [9.17, 15) is 31.2 Å². The number of nitrogens with one attached hydrogen (secondary N) is 3. The van der Waals surface area contributed by atoms with Gasteiger partial charge in [-0.15, -0.1) is 25.6 Å². The molecule has 4 aromatic rings. The molecule has 5 rings (SSSR count). The zero-order chi connectivity index (χ0) is 29.1. The molecule has 0 spiro atoms. The number of carbonyl (C=O) groups is 2. The van der Waals surface area contributed by atoms with Crippen LogP contribution in [0.2, 0.25) is 0 Å². The first kappa shape index (κ1) is 31.3. The number of fused-ring (bicyclic) bond motifs is 2. The molecule has 2 amide bonds. The second-order valence-electron chi connectivity index (χ2n) is 8.00. The van der Waals surface area contributed by atoms with Gasteiger partial charge in [0.05, 0.1) is 21.8 Å². The Hall–Kier alpha value is -4.28. The number of nitrogens with two attached hydrogens (primary N) is 1. The van der Waals surface area contributed by atoms with Crippen LogP contribution in [0.25, 0.3) is 11.0 Å². The van der Waals surface area contributed by atoms with Gasteiger partial charge in [-0.3, -0.25) is 9.59 Å². The summed E-state index contributed by atoms with van der Waals surface area (Å²) < 4.78 is 65.7. The van der Waals surface area contributed by atoms with Gasteiger partial charge in [-0.25, -0.2) is 18.4 Å². The lowest BCUT2D eigenvalue weighted by atomic mass is 10.1. The molecule has 0 unspecified atom stereocenters. The van der Waals surface area contributed by atoms with Crippen LogP contribution < -0.4 is 25.8 Å². The van der Waals surface area contributed by atoms with Gasteiger partial charge in [-0.2, -0.15) is 0 Å². The maximum absolute atomic E-state index is 12.4. The number of hydrogen-bond donors (Lipinski definition) is 4. The number of nitrogens with zero attached hydrogens (tertiary/aromatic N) is 2. The van der Waals surface area contributed by atoms with Crippen molar-refractivity contribution in [2.45, 2.75) is 17.8 Å². The first-order valence-corrected chi connectivity index (χ1v) is 13.3. The molecule has 12 nitrogen and oxygen atoms in total. The van der Waals surface area contributed by atoms with Crippen LogP contribution in [0, 0.1) is 0 Å². The van der Waals surface area contributed by atoms with Crippen molar-refractivity contribution in [2.24, 2.45) is 0 Å². The number of H-pyrrole nitrogens is 1. The number of rotatable bonds is 5. The first-order valence-electron chi connectivity index (χ1n) is 11.0. The molecule has 1 aliphatic rings. The van der Waals surface area contributed by atoms with E-state index in [1.807, 2.05) is 6.07 Å². The minimum absolute atomic E-state index is 0. The van der Waals surface area contributed by atoms with Crippen molar-refractivity contribution in [3.8, 4) is 11.5 Å². The maximum Gasteiger partial charge on any atom is 0.573 e. The third kappa shape index (κ3) is 8.12. The Morgan fingerprint density at radius 2 is 1.95 bits per heavy atom. The standard InChI is InChI=1S/C16H14N6O3.C7H4ClF3O3S.ClH/c17-9-5-18-14-13(9)20-7-21-15(14)16(24)19-4-8-1-2-11-10(3-8)22-12(23)6-25-11;8-15(12,13)6-3-1-2-5(4-6)14-7(9,10)11;/h1-3,5,7,18H,4,6,17H2,(H,19,24)(H,22,23);1-4H;1H. The van der Waals surface area contributed by atoms with Crippen LogP contribution in [-0.4, -0.2) is 48.2 Å². The van der Waals surface area contributed by atoms with Crippen LogP contribution in [0.4, 0.5) is 24.5 Å². The van der Waals surface area contributed by atoms with E-state index in [1.54, 1.807) is 18.3 Å². The predicted molar refractivity (Wildman–Crippen MR) is 143 cm³/mol. The Bertz CT molecular complexity index is 1700. The summed E-state index contributed by atoms with van der Waals surface area (Å²) in [5.74, 6) is -0.591. The van der Waals surface area contributed by atoms with Crippen LogP contribution in [0.3, 0.4) is 0 Å². The van der Waals surface area contributed by atoms with Crippen molar-refractivity contribution in [2.75, 3.05) is 17.7 Å². The second kappa shape index (κ2) is 12.5. The Kier molecular flexibility index (Phi) is 9.52. The van der Waals surface area contributed by atoms with E-state index in [0.717, 1.165) is 23.8 Å². The molecule has 2 aromatic heterocycles. The Labute approximate surface area is 240 Å². The number of carbonyl (C=O) groups excluding carboxylic acids is 2. The van der Waals surface area contributed by atoms with Gasteiger partial charge in [-0.05, 0) is 29.8 Å². The number of alkyl halides is 3. The number of ether oxygens (including phenoxy) is 2. The third-order valence-electron chi connectivity index (χ3n) is 5.16. The average molecular weight is 635 g/mol. The van der Waals surface area contributed by atoms with Crippen LogP contribution in [0.1, 0.15) is 16.1 Å². The van der Waals surface area contributed by atoms with Crippen molar-refractivity contribution in [1.82, 2.24) is 20.3 Å². The SMILES string of the molecule is Cl.Nc1c[nH]c2c(C(=O)NCc3ccc4c(c3)NC(=O)CO4)ncnc12.O=S(=O)(Cl)c1cccc(OC(F)(F)F)c1. The summed E-state index contributed by atoms with van der Waals surface area (Å²) in [7, 11) is 0.881. The predicted octanol–water partition coefficient (Wildman–Crippen LogP) is 3.74. The van der Waals surface area contributed by atoms with Crippen molar-refractivity contribution in [3.63, 3.8) is 0 Å². The minimum Gasteiger partial charge on any atom is -0.482 e. The molecule has 0 aliphatic carbocycles. The number of amides is 2. The number of nitrogen functional groups attached to an aromatic ring is 1. The number of aromatic nitrogens is 3. The molecular formula is C23H19Cl2F3N6O6S. The molecule has 0 atom stereocenters. The summed E-state index contributed by atoms with van der Waals surface area (Å²) in [5, 5.41) is 5.52. The average Bonchev–Trinajstić information content (AvgIpc) is 3.27. The molecule has 0 saturated heterocycles. The van der Waals surface area contributed by atoms with Crippen molar-refractivity contribution in [3.05, 3.63) is 66.2 Å². The lowest BCUT2D eigenvalue weighted by molar-refractivity contribution is -0.274. The molecule has 0 bridgehead atoms. The topological polar surface area (TPSA) is 178 Å². The monoisotopic (exact) mass is 634 g/mol. The van der Waals surface area contributed by atoms with E-state index in [2.05, 4.69) is 30.3 Å². The molecule has 1 aliphatic heterocycles. The third-order valence-corrected chi connectivity index (χ3v) is 6.51. The van der Waals surface area contributed by atoms with Crippen molar-refractivity contribution < 1.29 is 40.7 Å². The van der Waals surface area contributed by atoms with Crippen LogP contribution in [0.15, 0.2) is 59.9 Å². The number of hydrogen-bond acceptors (Lipinski definition) is 9. The lowest BCUT2D eigenvalue weighted by Crippen LogP contribution is -2.26. The molecule has 41 heavy (non-hydrogen) atoms. The highest BCUT2D eigenvalue weighted by atomic mass is 35.7. The normalized spacial score (nSPS) is 12.5. The Morgan fingerprint density at radius 3 is 2.66 bits per heavy atom. The van der Waals surface area contributed by atoms with Crippen LogP contribution in [0.5, 0.6) is 11.5 Å². The van der Waals surface area contributed by atoms with Crippen molar-refractivity contribution in [1.29, 1.82) is 0 Å². The van der Waals surface area contributed by atoms with E-state index < -0.39 is 26.1 Å². The quantitative estimate of drug-likeness (QED) is 0.238. The maximum atomic E-state index is 12.4. The Morgan fingerprint density at radius 1 is 1.20 bits per heavy atom. The van der Waals surface area contributed by atoms with Gasteiger partial charge in [0.2, 0.25) is 0 Å². The zero-order valence-electron chi connectivity index (χ0n) is 20.4. The highest BCUT2D eigenvalue weighted by molar-refractivity contribution is 8.13. The number of aromatic amines is 1. The highest BCUT2D eigenvalue weighted by Crippen LogP contribution is 2.29. The van der Waals surface area contributed by atoms with E-state index in [0.29, 0.717) is 34.2 Å². The summed E-state index contributed by atoms with van der Waals surface area (Å²) >= 11 is 0. The van der Waals surface area contributed by atoms with E-state index in [-0.39, 0.29) is 43.1 Å². The van der Waals surface area contributed by atoms with Gasteiger partial charge in [0.1, 0.15) is 23.3 Å². The fourth-order valence-electron chi connectivity index (χ4n) is 3.46. The van der Waals surface area contributed by atoms with Gasteiger partial charge in [0, 0.05) is 29.5 Å². The largest absolute Gasteiger partial charge is 0.573 e. The molecule has 0 saturated carbocycles. The van der Waals surface area contributed by atoms with E-state index in [4.69, 9.17) is 21.2 Å². The fraction of sp³-hybridized carbons (Fsp3) is 0.130. The lowest BCUT2D eigenvalue weighted by Gasteiger charge is -2.18. The van der Waals surface area contributed by atoms with E-state index in [1.165, 1.54) is 6.33 Å². The summed E-state index contributed by atoms with van der Waals surface area (Å²) in [6, 6.07) is 9.15. The molecule has 3 heterocycles. The Balaban J connectivity index is 0.000000250. The van der Waals surface area contributed by atoms with E-state index >= 15 is 0 Å². The molecular weight excluding hydrogens is 616 g/mol. The smallest absolute Gasteiger partial charge is 0.482 e. The summed E-state index contributed by atoms with van der Waals surface area (Å²) in [6.45, 7) is 0.274. The summed E-state index contributed by atoms with van der Waals surface area (Å²) in [4.78, 5) is 34.3. The van der Waals surface area contributed by atoms with Crippen LogP contribution in [-0.2, 0) is 20.4 Å². The van der Waals surface area contributed by atoms with Crippen molar-refractivity contribution >= 4 is 66.4 Å². The van der Waals surface area contributed by atoms with Gasteiger partial charge in [0.25, 0.3) is 20.9 Å². The van der Waals surface area contributed by atoms with Gasteiger partial charge in [-0.1, -0.05) is 12.1 Å². The number of benzene rings is 2. The molecule has 218 valence electrons. The number of halogens is 5. The minimum atomic E-state index is -4.87. The number of anilines is 2.